The molecule has 0 radical (unpaired) electrons. The van der Waals surface area contributed by atoms with Gasteiger partial charge in [0.25, 0.3) is 5.91 Å². The second kappa shape index (κ2) is 6.16. The molecule has 4 rings (SSSR count). The van der Waals surface area contributed by atoms with Crippen LogP contribution in [0, 0.1) is 0 Å². The molecule has 3 heterocycles. The van der Waals surface area contributed by atoms with Gasteiger partial charge >= 0.3 is 0 Å². The summed E-state index contributed by atoms with van der Waals surface area (Å²) in [7, 11) is 0. The lowest BCUT2D eigenvalue weighted by Crippen LogP contribution is -2.56. The van der Waals surface area contributed by atoms with Gasteiger partial charge in [-0.1, -0.05) is 24.6 Å². The van der Waals surface area contributed by atoms with Crippen LogP contribution in [0.4, 0.5) is 0 Å². The molecule has 5 nitrogen and oxygen atoms in total. The van der Waals surface area contributed by atoms with Crippen LogP contribution in [-0.2, 0) is 0 Å². The summed E-state index contributed by atoms with van der Waals surface area (Å²) in [5.74, 6) is 0.0941. The molecule has 0 unspecified atom stereocenters. The Labute approximate surface area is 136 Å². The highest BCUT2D eigenvalue weighted by atomic mass is 16.2. The van der Waals surface area contributed by atoms with E-state index >= 15 is 0 Å². The van der Waals surface area contributed by atoms with Gasteiger partial charge in [0.05, 0.1) is 12.5 Å². The summed E-state index contributed by atoms with van der Waals surface area (Å²) in [6.45, 7) is 3.85. The van der Waals surface area contributed by atoms with E-state index in [1.807, 2.05) is 39.8 Å². The van der Waals surface area contributed by atoms with Gasteiger partial charge in [-0.3, -0.25) is 14.3 Å². The lowest BCUT2D eigenvalue weighted by Gasteiger charge is -2.44. The Kier molecular flexibility index (Phi) is 3.87. The summed E-state index contributed by atoms with van der Waals surface area (Å²) in [6, 6.07) is 10.5. The minimum atomic E-state index is 0.0941. The van der Waals surface area contributed by atoms with Crippen LogP contribution in [0.1, 0.15) is 29.8 Å². The maximum absolute atomic E-state index is 13.0. The van der Waals surface area contributed by atoms with E-state index in [0.29, 0.717) is 11.7 Å². The summed E-state index contributed by atoms with van der Waals surface area (Å²) in [6.07, 6.45) is 7.19. The van der Waals surface area contributed by atoms with Crippen molar-refractivity contribution in [1.29, 1.82) is 0 Å². The van der Waals surface area contributed by atoms with Gasteiger partial charge in [0, 0.05) is 31.4 Å². The monoisotopic (exact) mass is 310 g/mol. The molecule has 2 aromatic rings. The zero-order valence-corrected chi connectivity index (χ0v) is 13.3. The average molecular weight is 310 g/mol. The number of piperidine rings is 1. The number of para-hydroxylation sites is 1. The Morgan fingerprint density at radius 1 is 1.09 bits per heavy atom. The number of aromatic nitrogens is 2. The van der Waals surface area contributed by atoms with E-state index in [9.17, 15) is 4.79 Å². The van der Waals surface area contributed by atoms with E-state index < -0.39 is 0 Å². The van der Waals surface area contributed by atoms with Crippen molar-refractivity contribution in [2.24, 2.45) is 0 Å². The standard InChI is InChI=1S/C18H22N4O/c23-18(21-11-10-20-9-5-4-8-16(20)13-21)17-12-19-14-22(17)15-6-2-1-3-7-15/h1-3,6-7,12,14,16H,4-5,8-11,13H2/t16-/m0/s1. The molecule has 5 heteroatoms. The summed E-state index contributed by atoms with van der Waals surface area (Å²) in [5, 5.41) is 0. The fraction of sp³-hybridized carbons (Fsp3) is 0.444. The molecule has 0 aliphatic carbocycles. The van der Waals surface area contributed by atoms with E-state index in [1.165, 1.54) is 25.8 Å². The number of nitrogens with zero attached hydrogens (tertiary/aromatic N) is 4. The molecule has 0 spiro atoms. The quantitative estimate of drug-likeness (QED) is 0.854. The Balaban J connectivity index is 1.55. The van der Waals surface area contributed by atoms with Gasteiger partial charge in [0.15, 0.2) is 0 Å². The first-order chi connectivity index (χ1) is 11.3. The highest BCUT2D eigenvalue weighted by Gasteiger charge is 2.32. The van der Waals surface area contributed by atoms with Crippen LogP contribution < -0.4 is 0 Å². The molecule has 2 saturated heterocycles. The van der Waals surface area contributed by atoms with Crippen LogP contribution in [0.15, 0.2) is 42.9 Å². The van der Waals surface area contributed by atoms with Gasteiger partial charge < -0.3 is 4.90 Å². The van der Waals surface area contributed by atoms with Gasteiger partial charge in [-0.25, -0.2) is 4.98 Å². The number of rotatable bonds is 2. The van der Waals surface area contributed by atoms with Gasteiger partial charge in [0.2, 0.25) is 0 Å². The molecule has 0 N–H and O–H groups in total. The van der Waals surface area contributed by atoms with Gasteiger partial charge in [-0.2, -0.15) is 0 Å². The maximum atomic E-state index is 13.0. The van der Waals surface area contributed by atoms with Crippen molar-refractivity contribution in [3.63, 3.8) is 0 Å². The minimum absolute atomic E-state index is 0.0941. The Bertz CT molecular complexity index is 681. The van der Waals surface area contributed by atoms with E-state index in [4.69, 9.17) is 0 Å². The van der Waals surface area contributed by atoms with Crippen LogP contribution in [-0.4, -0.2) is 57.5 Å². The largest absolute Gasteiger partial charge is 0.334 e. The maximum Gasteiger partial charge on any atom is 0.272 e. The lowest BCUT2D eigenvalue weighted by molar-refractivity contribution is 0.0367. The molecule has 2 aliphatic rings. The van der Waals surface area contributed by atoms with Crippen molar-refractivity contribution in [2.45, 2.75) is 25.3 Å². The van der Waals surface area contributed by atoms with Crippen molar-refractivity contribution in [1.82, 2.24) is 19.4 Å². The van der Waals surface area contributed by atoms with Crippen molar-refractivity contribution >= 4 is 5.91 Å². The zero-order valence-electron chi connectivity index (χ0n) is 13.3. The van der Waals surface area contributed by atoms with Crippen LogP contribution in [0.2, 0.25) is 0 Å². The molecule has 0 saturated carbocycles. The predicted octanol–water partition coefficient (Wildman–Crippen LogP) is 2.18. The third-order valence-electron chi connectivity index (χ3n) is 5.02. The van der Waals surface area contributed by atoms with Gasteiger partial charge in [-0.05, 0) is 31.5 Å². The molecule has 120 valence electrons. The third-order valence-corrected chi connectivity index (χ3v) is 5.02. The molecule has 1 aromatic carbocycles. The first kappa shape index (κ1) is 14.5. The molecular formula is C18H22N4O. The predicted molar refractivity (Wildman–Crippen MR) is 88.7 cm³/mol. The molecular weight excluding hydrogens is 288 g/mol. The number of piperazine rings is 1. The van der Waals surface area contributed by atoms with E-state index in [-0.39, 0.29) is 5.91 Å². The SMILES string of the molecule is O=C(c1cncn1-c1ccccc1)N1CCN2CCCC[C@H]2C1. The highest BCUT2D eigenvalue weighted by molar-refractivity contribution is 5.93. The van der Waals surface area contributed by atoms with Crippen LogP contribution in [0.5, 0.6) is 0 Å². The highest BCUT2D eigenvalue weighted by Crippen LogP contribution is 2.22. The Morgan fingerprint density at radius 2 is 1.96 bits per heavy atom. The van der Waals surface area contributed by atoms with Crippen LogP contribution in [0.3, 0.4) is 0 Å². The summed E-state index contributed by atoms with van der Waals surface area (Å²) in [5.41, 5.74) is 1.63. The minimum Gasteiger partial charge on any atom is -0.334 e. The topological polar surface area (TPSA) is 41.4 Å². The number of hydrogen-bond donors (Lipinski definition) is 0. The molecule has 1 atom stereocenters. The Morgan fingerprint density at radius 3 is 2.83 bits per heavy atom. The first-order valence-electron chi connectivity index (χ1n) is 8.44. The number of amides is 1. The number of fused-ring (bicyclic) bond motifs is 1. The number of carbonyl (C=O) groups is 1. The van der Waals surface area contributed by atoms with Crippen LogP contribution in [0.25, 0.3) is 5.69 Å². The first-order valence-corrected chi connectivity index (χ1v) is 8.44. The summed E-state index contributed by atoms with van der Waals surface area (Å²) in [4.78, 5) is 21.7. The molecule has 23 heavy (non-hydrogen) atoms. The fourth-order valence-corrected chi connectivity index (χ4v) is 3.75. The second-order valence-corrected chi connectivity index (χ2v) is 6.42. The molecule has 1 aromatic heterocycles. The van der Waals surface area contributed by atoms with Crippen molar-refractivity contribution in [3.05, 3.63) is 48.5 Å². The van der Waals surface area contributed by atoms with Crippen LogP contribution >= 0.6 is 0 Å². The smallest absolute Gasteiger partial charge is 0.272 e. The summed E-state index contributed by atoms with van der Waals surface area (Å²) < 4.78 is 1.88. The number of carbonyl (C=O) groups excluding carboxylic acids is 1. The van der Waals surface area contributed by atoms with E-state index in [0.717, 1.165) is 25.3 Å². The number of hydrogen-bond acceptors (Lipinski definition) is 3. The molecule has 0 bridgehead atoms. The van der Waals surface area contributed by atoms with E-state index in [1.54, 1.807) is 12.5 Å². The van der Waals surface area contributed by atoms with Crippen molar-refractivity contribution < 1.29 is 4.79 Å². The third kappa shape index (κ3) is 2.77. The van der Waals surface area contributed by atoms with E-state index in [2.05, 4.69) is 9.88 Å². The zero-order chi connectivity index (χ0) is 15.6. The van der Waals surface area contributed by atoms with Gasteiger partial charge in [-0.15, -0.1) is 0 Å². The molecule has 2 aliphatic heterocycles. The second-order valence-electron chi connectivity index (χ2n) is 6.42. The van der Waals surface area contributed by atoms with Gasteiger partial charge in [0.1, 0.15) is 5.69 Å². The molecule has 1 amide bonds. The fourth-order valence-electron chi connectivity index (χ4n) is 3.75. The number of benzene rings is 1. The Hall–Kier alpha value is -2.14. The van der Waals surface area contributed by atoms with Crippen molar-refractivity contribution in [2.75, 3.05) is 26.2 Å². The lowest BCUT2D eigenvalue weighted by atomic mass is 9.99. The van der Waals surface area contributed by atoms with Crippen molar-refractivity contribution in [3.8, 4) is 5.69 Å². The molecule has 2 fully saturated rings. The summed E-state index contributed by atoms with van der Waals surface area (Å²) >= 11 is 0. The average Bonchev–Trinajstić information content (AvgIpc) is 3.11. The number of imidazole rings is 1. The normalized spacial score (nSPS) is 21.9.